The van der Waals surface area contributed by atoms with E-state index in [2.05, 4.69) is 15.5 Å². The van der Waals surface area contributed by atoms with Crippen LogP contribution in [-0.4, -0.2) is 27.2 Å². The number of carboxylic acids is 1. The molecule has 1 heterocycles. The van der Waals surface area contributed by atoms with Gasteiger partial charge in [-0.25, -0.2) is 4.79 Å². The molecule has 6 nitrogen and oxygen atoms in total. The van der Waals surface area contributed by atoms with Crippen molar-refractivity contribution in [2.45, 2.75) is 6.92 Å². The lowest BCUT2D eigenvalue weighted by molar-refractivity contribution is 0.0698. The molecular formula is C12H11N3O3. The number of H-pyrrole nitrogens is 1. The zero-order valence-electron chi connectivity index (χ0n) is 9.60. The summed E-state index contributed by atoms with van der Waals surface area (Å²) in [5.74, 6) is -1.51. The predicted molar refractivity (Wildman–Crippen MR) is 64.7 cm³/mol. The summed E-state index contributed by atoms with van der Waals surface area (Å²) in [4.78, 5) is 22.9. The Morgan fingerprint density at radius 1 is 1.33 bits per heavy atom. The zero-order valence-corrected chi connectivity index (χ0v) is 9.60. The van der Waals surface area contributed by atoms with Gasteiger partial charge in [-0.1, -0.05) is 12.1 Å². The zero-order chi connectivity index (χ0) is 13.1. The first-order valence-electron chi connectivity index (χ1n) is 5.23. The molecule has 1 aromatic heterocycles. The summed E-state index contributed by atoms with van der Waals surface area (Å²) in [6.45, 7) is 1.73. The number of carboxylic acid groups (broad SMARTS) is 1. The number of anilines is 1. The average molecular weight is 245 g/mol. The van der Waals surface area contributed by atoms with Crippen LogP contribution in [0.3, 0.4) is 0 Å². The van der Waals surface area contributed by atoms with Gasteiger partial charge in [0.2, 0.25) is 0 Å². The molecule has 1 amide bonds. The van der Waals surface area contributed by atoms with Gasteiger partial charge in [0.25, 0.3) is 5.91 Å². The standard InChI is InChI=1S/C12H11N3O3/c1-7-3-2-4-8(12(17)18)10(7)14-11(16)9-5-6-13-15-9/h2-6H,1H3,(H,13,15)(H,14,16)(H,17,18). The highest BCUT2D eigenvalue weighted by atomic mass is 16.4. The molecule has 92 valence electrons. The maximum atomic E-state index is 11.8. The molecule has 0 unspecified atom stereocenters. The molecule has 0 fully saturated rings. The van der Waals surface area contributed by atoms with E-state index in [1.165, 1.54) is 18.3 Å². The van der Waals surface area contributed by atoms with Crippen molar-refractivity contribution >= 4 is 17.6 Å². The van der Waals surface area contributed by atoms with Gasteiger partial charge in [0.15, 0.2) is 0 Å². The Balaban J connectivity index is 2.34. The third-order valence-corrected chi connectivity index (χ3v) is 2.49. The SMILES string of the molecule is Cc1cccc(C(=O)O)c1NC(=O)c1ccn[nH]1. The number of aromatic carboxylic acids is 1. The summed E-state index contributed by atoms with van der Waals surface area (Å²) < 4.78 is 0. The lowest BCUT2D eigenvalue weighted by atomic mass is 10.1. The molecule has 18 heavy (non-hydrogen) atoms. The Bertz CT molecular complexity index is 591. The van der Waals surface area contributed by atoms with Crippen LogP contribution in [0.25, 0.3) is 0 Å². The molecule has 0 spiro atoms. The second-order valence-electron chi connectivity index (χ2n) is 3.73. The summed E-state index contributed by atoms with van der Waals surface area (Å²) in [7, 11) is 0. The van der Waals surface area contributed by atoms with Crippen molar-refractivity contribution in [2.24, 2.45) is 0 Å². The van der Waals surface area contributed by atoms with E-state index in [4.69, 9.17) is 5.11 Å². The third-order valence-electron chi connectivity index (χ3n) is 2.49. The van der Waals surface area contributed by atoms with Gasteiger partial charge in [-0.05, 0) is 24.6 Å². The molecule has 3 N–H and O–H groups in total. The third kappa shape index (κ3) is 2.22. The van der Waals surface area contributed by atoms with Gasteiger partial charge in [0.05, 0.1) is 11.3 Å². The van der Waals surface area contributed by atoms with Crippen LogP contribution in [0.2, 0.25) is 0 Å². The Hall–Kier alpha value is -2.63. The van der Waals surface area contributed by atoms with E-state index in [1.54, 1.807) is 19.1 Å². The number of aromatic nitrogens is 2. The van der Waals surface area contributed by atoms with Crippen LogP contribution in [0.15, 0.2) is 30.5 Å². The summed E-state index contributed by atoms with van der Waals surface area (Å²) in [6.07, 6.45) is 1.45. The van der Waals surface area contributed by atoms with E-state index < -0.39 is 11.9 Å². The second kappa shape index (κ2) is 4.70. The number of aryl methyl sites for hydroxylation is 1. The fourth-order valence-electron chi connectivity index (χ4n) is 1.58. The van der Waals surface area contributed by atoms with Crippen LogP contribution in [0.5, 0.6) is 0 Å². The first-order chi connectivity index (χ1) is 8.59. The fraction of sp³-hybridized carbons (Fsp3) is 0.0833. The van der Waals surface area contributed by atoms with Crippen LogP contribution in [-0.2, 0) is 0 Å². The van der Waals surface area contributed by atoms with Crippen molar-refractivity contribution in [3.05, 3.63) is 47.3 Å². The molecule has 0 aliphatic carbocycles. The second-order valence-corrected chi connectivity index (χ2v) is 3.73. The van der Waals surface area contributed by atoms with E-state index in [9.17, 15) is 9.59 Å². The van der Waals surface area contributed by atoms with Gasteiger partial charge in [0.1, 0.15) is 5.69 Å². The van der Waals surface area contributed by atoms with Gasteiger partial charge >= 0.3 is 5.97 Å². The Morgan fingerprint density at radius 3 is 2.72 bits per heavy atom. The topological polar surface area (TPSA) is 95.1 Å². The van der Waals surface area contributed by atoms with Crippen molar-refractivity contribution < 1.29 is 14.7 Å². The highest BCUT2D eigenvalue weighted by molar-refractivity contribution is 6.07. The van der Waals surface area contributed by atoms with Crippen LogP contribution in [0, 0.1) is 6.92 Å². The fourth-order valence-corrected chi connectivity index (χ4v) is 1.58. The smallest absolute Gasteiger partial charge is 0.337 e. The molecule has 2 rings (SSSR count). The van der Waals surface area contributed by atoms with Gasteiger partial charge in [-0.2, -0.15) is 5.10 Å². The molecule has 0 saturated heterocycles. The molecule has 0 aliphatic rings. The number of amides is 1. The number of nitrogens with zero attached hydrogens (tertiary/aromatic N) is 1. The van der Waals surface area contributed by atoms with E-state index in [1.807, 2.05) is 0 Å². The molecule has 0 saturated carbocycles. The van der Waals surface area contributed by atoms with Crippen LogP contribution in [0.4, 0.5) is 5.69 Å². The average Bonchev–Trinajstić information content (AvgIpc) is 2.85. The number of benzene rings is 1. The maximum Gasteiger partial charge on any atom is 0.337 e. The highest BCUT2D eigenvalue weighted by Gasteiger charge is 2.15. The number of hydrogen-bond acceptors (Lipinski definition) is 3. The van der Waals surface area contributed by atoms with Crippen molar-refractivity contribution in [1.29, 1.82) is 0 Å². The Kier molecular flexibility index (Phi) is 3.09. The van der Waals surface area contributed by atoms with E-state index in [0.29, 0.717) is 11.3 Å². The van der Waals surface area contributed by atoms with E-state index in [0.717, 1.165) is 0 Å². The Morgan fingerprint density at radius 2 is 2.11 bits per heavy atom. The van der Waals surface area contributed by atoms with Crippen LogP contribution < -0.4 is 5.32 Å². The van der Waals surface area contributed by atoms with Crippen LogP contribution >= 0.6 is 0 Å². The molecule has 1 aromatic carbocycles. The normalized spacial score (nSPS) is 10.1. The monoisotopic (exact) mass is 245 g/mol. The van der Waals surface area contributed by atoms with Crippen LogP contribution in [0.1, 0.15) is 26.4 Å². The minimum atomic E-state index is -1.08. The number of rotatable bonds is 3. The quantitative estimate of drug-likeness (QED) is 0.766. The first-order valence-corrected chi connectivity index (χ1v) is 5.23. The van der Waals surface area contributed by atoms with Crippen molar-refractivity contribution in [3.8, 4) is 0 Å². The van der Waals surface area contributed by atoms with Gasteiger partial charge in [-0.15, -0.1) is 0 Å². The molecular weight excluding hydrogens is 234 g/mol. The first kappa shape index (κ1) is 11.8. The number of para-hydroxylation sites is 1. The number of carbonyl (C=O) groups is 2. The van der Waals surface area contributed by atoms with Crippen molar-refractivity contribution in [1.82, 2.24) is 10.2 Å². The Labute approximate surface area is 103 Å². The minimum Gasteiger partial charge on any atom is -0.478 e. The summed E-state index contributed by atoms with van der Waals surface area (Å²) in [5, 5.41) is 17.8. The van der Waals surface area contributed by atoms with E-state index in [-0.39, 0.29) is 11.3 Å². The molecule has 0 bridgehead atoms. The predicted octanol–water partition coefficient (Wildman–Crippen LogP) is 1.67. The summed E-state index contributed by atoms with van der Waals surface area (Å²) >= 11 is 0. The lowest BCUT2D eigenvalue weighted by Crippen LogP contribution is -2.16. The molecule has 0 radical (unpaired) electrons. The molecule has 6 heteroatoms. The minimum absolute atomic E-state index is 0.0582. The molecule has 0 aliphatic heterocycles. The molecule has 2 aromatic rings. The van der Waals surface area contributed by atoms with Gasteiger partial charge in [0, 0.05) is 6.20 Å². The highest BCUT2D eigenvalue weighted by Crippen LogP contribution is 2.21. The summed E-state index contributed by atoms with van der Waals surface area (Å²) in [5.41, 5.74) is 1.31. The van der Waals surface area contributed by atoms with Gasteiger partial charge < -0.3 is 10.4 Å². The van der Waals surface area contributed by atoms with Gasteiger partial charge in [-0.3, -0.25) is 9.89 Å². The van der Waals surface area contributed by atoms with Crippen molar-refractivity contribution in [2.75, 3.05) is 5.32 Å². The van der Waals surface area contributed by atoms with Crippen molar-refractivity contribution in [3.63, 3.8) is 0 Å². The van der Waals surface area contributed by atoms with E-state index >= 15 is 0 Å². The summed E-state index contributed by atoms with van der Waals surface area (Å²) in [6, 6.07) is 6.31. The lowest BCUT2D eigenvalue weighted by Gasteiger charge is -2.10. The maximum absolute atomic E-state index is 11.8. The number of hydrogen-bond donors (Lipinski definition) is 3. The number of aromatic amines is 1. The molecule has 0 atom stereocenters. The number of nitrogens with one attached hydrogen (secondary N) is 2. The number of carbonyl (C=O) groups excluding carboxylic acids is 1. The largest absolute Gasteiger partial charge is 0.478 e.